The topological polar surface area (TPSA) is 66.8 Å². The minimum Gasteiger partial charge on any atom is -0.478 e. The molecular formula is C15H17NO4. The van der Waals surface area contributed by atoms with Gasteiger partial charge in [0.1, 0.15) is 6.61 Å². The molecule has 2 rings (SSSR count). The van der Waals surface area contributed by atoms with Crippen molar-refractivity contribution in [1.82, 2.24) is 0 Å². The van der Waals surface area contributed by atoms with Gasteiger partial charge in [0.05, 0.1) is 11.3 Å². The Kier molecular flexibility index (Phi) is 4.08. The van der Waals surface area contributed by atoms with Gasteiger partial charge in [-0.15, -0.1) is 0 Å². The zero-order valence-corrected chi connectivity index (χ0v) is 11.4. The number of anilines is 1. The Bertz CT molecular complexity index is 565. The van der Waals surface area contributed by atoms with Gasteiger partial charge in [-0.2, -0.15) is 0 Å². The van der Waals surface area contributed by atoms with Gasteiger partial charge in [-0.25, -0.2) is 9.59 Å². The first-order valence-electron chi connectivity index (χ1n) is 6.46. The minimum absolute atomic E-state index is 0.164. The van der Waals surface area contributed by atoms with E-state index < -0.39 is 12.1 Å². The molecule has 5 heteroatoms. The number of hydrogen-bond acceptors (Lipinski definition) is 3. The van der Waals surface area contributed by atoms with Crippen LogP contribution in [0.2, 0.25) is 0 Å². The van der Waals surface area contributed by atoms with Gasteiger partial charge in [0.15, 0.2) is 0 Å². The molecule has 1 aromatic rings. The standard InChI is InChI=1S/C15H17NO4/c1-3-7-20-15(19)16-6-4-5-11-9-12(14(17)18)8-10(2)13(11)16/h3,8-9H,1,4-7H2,2H3,(H,17,18). The van der Waals surface area contributed by atoms with Crippen LogP contribution in [0.1, 0.15) is 27.9 Å². The van der Waals surface area contributed by atoms with E-state index in [2.05, 4.69) is 6.58 Å². The van der Waals surface area contributed by atoms with Gasteiger partial charge in [-0.1, -0.05) is 12.7 Å². The van der Waals surface area contributed by atoms with E-state index in [9.17, 15) is 9.59 Å². The van der Waals surface area contributed by atoms with Gasteiger partial charge in [-0.3, -0.25) is 4.90 Å². The molecule has 0 aliphatic carbocycles. The molecule has 1 aromatic carbocycles. The van der Waals surface area contributed by atoms with Crippen molar-refractivity contribution in [3.05, 3.63) is 41.5 Å². The quantitative estimate of drug-likeness (QED) is 0.861. The van der Waals surface area contributed by atoms with E-state index in [0.717, 1.165) is 29.7 Å². The lowest BCUT2D eigenvalue weighted by atomic mass is 9.96. The summed E-state index contributed by atoms with van der Waals surface area (Å²) >= 11 is 0. The summed E-state index contributed by atoms with van der Waals surface area (Å²) in [6.07, 6.45) is 2.65. The average molecular weight is 275 g/mol. The number of fused-ring (bicyclic) bond motifs is 1. The number of aromatic carboxylic acids is 1. The van der Waals surface area contributed by atoms with E-state index in [1.54, 1.807) is 17.0 Å². The van der Waals surface area contributed by atoms with Crippen LogP contribution >= 0.6 is 0 Å². The molecule has 1 N–H and O–H groups in total. The number of carbonyl (C=O) groups excluding carboxylic acids is 1. The monoisotopic (exact) mass is 275 g/mol. The number of carbonyl (C=O) groups is 2. The molecule has 0 spiro atoms. The molecule has 0 aromatic heterocycles. The highest BCUT2D eigenvalue weighted by molar-refractivity contribution is 5.94. The van der Waals surface area contributed by atoms with E-state index in [0.29, 0.717) is 6.54 Å². The second-order valence-electron chi connectivity index (χ2n) is 4.73. The van der Waals surface area contributed by atoms with Crippen molar-refractivity contribution in [3.8, 4) is 0 Å². The molecule has 1 aliphatic heterocycles. The Balaban J connectivity index is 2.38. The van der Waals surface area contributed by atoms with Crippen molar-refractivity contribution in [2.75, 3.05) is 18.1 Å². The first-order valence-corrected chi connectivity index (χ1v) is 6.46. The summed E-state index contributed by atoms with van der Waals surface area (Å²) in [5.41, 5.74) is 2.68. The number of aryl methyl sites for hydroxylation is 2. The third-order valence-electron chi connectivity index (χ3n) is 3.27. The predicted octanol–water partition coefficient (Wildman–Crippen LogP) is 2.77. The van der Waals surface area contributed by atoms with Crippen LogP contribution in [-0.2, 0) is 11.2 Å². The summed E-state index contributed by atoms with van der Waals surface area (Å²) in [7, 11) is 0. The Morgan fingerprint density at radius 3 is 2.90 bits per heavy atom. The fraction of sp³-hybridized carbons (Fsp3) is 0.333. The Labute approximate surface area is 117 Å². The van der Waals surface area contributed by atoms with Crippen LogP contribution in [0.3, 0.4) is 0 Å². The largest absolute Gasteiger partial charge is 0.478 e. The smallest absolute Gasteiger partial charge is 0.414 e. The number of rotatable bonds is 3. The lowest BCUT2D eigenvalue weighted by Crippen LogP contribution is -2.36. The third kappa shape index (κ3) is 2.66. The number of nitrogens with zero attached hydrogens (tertiary/aromatic N) is 1. The van der Waals surface area contributed by atoms with Crippen molar-refractivity contribution in [1.29, 1.82) is 0 Å². The van der Waals surface area contributed by atoms with Crippen LogP contribution in [0.4, 0.5) is 10.5 Å². The molecule has 0 atom stereocenters. The molecule has 5 nitrogen and oxygen atoms in total. The fourth-order valence-electron chi connectivity index (χ4n) is 2.48. The second kappa shape index (κ2) is 5.77. The molecule has 106 valence electrons. The summed E-state index contributed by atoms with van der Waals surface area (Å²) in [5.74, 6) is -0.956. The molecule has 0 fully saturated rings. The van der Waals surface area contributed by atoms with E-state index >= 15 is 0 Å². The van der Waals surface area contributed by atoms with Gasteiger partial charge in [0.25, 0.3) is 0 Å². The van der Waals surface area contributed by atoms with Crippen molar-refractivity contribution >= 4 is 17.7 Å². The molecule has 0 radical (unpaired) electrons. The molecular weight excluding hydrogens is 258 g/mol. The fourth-order valence-corrected chi connectivity index (χ4v) is 2.48. The summed E-state index contributed by atoms with van der Waals surface area (Å²) in [4.78, 5) is 24.7. The highest BCUT2D eigenvalue weighted by Crippen LogP contribution is 2.32. The molecule has 1 aliphatic rings. The number of carboxylic acid groups (broad SMARTS) is 1. The maximum atomic E-state index is 12.0. The molecule has 20 heavy (non-hydrogen) atoms. The van der Waals surface area contributed by atoms with Gasteiger partial charge in [0, 0.05) is 6.54 Å². The average Bonchev–Trinajstić information content (AvgIpc) is 2.43. The zero-order chi connectivity index (χ0) is 14.7. The predicted molar refractivity (Wildman–Crippen MR) is 75.4 cm³/mol. The van der Waals surface area contributed by atoms with E-state index in [1.807, 2.05) is 6.92 Å². The summed E-state index contributed by atoms with van der Waals surface area (Å²) in [5, 5.41) is 9.09. The number of ether oxygens (including phenoxy) is 1. The van der Waals surface area contributed by atoms with Crippen LogP contribution in [0.5, 0.6) is 0 Å². The van der Waals surface area contributed by atoms with Crippen molar-refractivity contribution in [2.45, 2.75) is 19.8 Å². The molecule has 0 unspecified atom stereocenters. The third-order valence-corrected chi connectivity index (χ3v) is 3.27. The van der Waals surface area contributed by atoms with Gasteiger partial charge in [0.2, 0.25) is 0 Å². The molecule has 0 bridgehead atoms. The van der Waals surface area contributed by atoms with Crippen LogP contribution in [-0.4, -0.2) is 30.3 Å². The maximum absolute atomic E-state index is 12.0. The van der Waals surface area contributed by atoms with Crippen molar-refractivity contribution in [3.63, 3.8) is 0 Å². The second-order valence-corrected chi connectivity index (χ2v) is 4.73. The van der Waals surface area contributed by atoms with Crippen LogP contribution < -0.4 is 4.90 Å². The number of amides is 1. The first kappa shape index (κ1) is 14.1. The van der Waals surface area contributed by atoms with Crippen molar-refractivity contribution in [2.24, 2.45) is 0 Å². The van der Waals surface area contributed by atoms with Crippen molar-refractivity contribution < 1.29 is 19.4 Å². The number of benzene rings is 1. The van der Waals surface area contributed by atoms with E-state index in [4.69, 9.17) is 9.84 Å². The normalized spacial score (nSPS) is 13.6. The minimum atomic E-state index is -0.956. The lowest BCUT2D eigenvalue weighted by Gasteiger charge is -2.30. The van der Waals surface area contributed by atoms with Gasteiger partial charge < -0.3 is 9.84 Å². The van der Waals surface area contributed by atoms with E-state index in [1.165, 1.54) is 6.08 Å². The summed E-state index contributed by atoms with van der Waals surface area (Å²) in [6.45, 7) is 6.06. The highest BCUT2D eigenvalue weighted by atomic mass is 16.6. The Hall–Kier alpha value is -2.30. The molecule has 1 heterocycles. The van der Waals surface area contributed by atoms with Crippen LogP contribution in [0, 0.1) is 6.92 Å². The SMILES string of the molecule is C=CCOC(=O)N1CCCc2cc(C(=O)O)cc(C)c21. The van der Waals surface area contributed by atoms with Gasteiger partial charge in [-0.05, 0) is 43.0 Å². The molecule has 0 saturated heterocycles. The van der Waals surface area contributed by atoms with Crippen LogP contribution in [0.25, 0.3) is 0 Å². The van der Waals surface area contributed by atoms with E-state index in [-0.39, 0.29) is 12.2 Å². The number of carboxylic acids is 1. The van der Waals surface area contributed by atoms with Gasteiger partial charge >= 0.3 is 12.1 Å². The molecule has 1 amide bonds. The Morgan fingerprint density at radius 2 is 2.25 bits per heavy atom. The van der Waals surface area contributed by atoms with Crippen LogP contribution in [0.15, 0.2) is 24.8 Å². The zero-order valence-electron chi connectivity index (χ0n) is 11.4. The summed E-state index contributed by atoms with van der Waals surface area (Å²) < 4.78 is 5.07. The Morgan fingerprint density at radius 1 is 1.50 bits per heavy atom. The highest BCUT2D eigenvalue weighted by Gasteiger charge is 2.26. The lowest BCUT2D eigenvalue weighted by molar-refractivity contribution is 0.0696. The number of hydrogen-bond donors (Lipinski definition) is 1. The molecule has 0 saturated carbocycles. The first-order chi connectivity index (χ1) is 9.54. The summed E-state index contributed by atoms with van der Waals surface area (Å²) in [6, 6.07) is 3.22. The maximum Gasteiger partial charge on any atom is 0.414 e.